The van der Waals surface area contributed by atoms with E-state index in [-0.39, 0.29) is 0 Å². The first-order valence-electron chi connectivity index (χ1n) is 7.30. The van der Waals surface area contributed by atoms with Gasteiger partial charge in [0.2, 0.25) is 0 Å². The molecule has 0 amide bonds. The molecule has 20 heavy (non-hydrogen) atoms. The molecule has 0 saturated carbocycles. The van der Waals surface area contributed by atoms with E-state index in [1.54, 1.807) is 7.11 Å². The highest BCUT2D eigenvalue weighted by molar-refractivity contribution is 5.93. The van der Waals surface area contributed by atoms with Crippen LogP contribution in [0.2, 0.25) is 0 Å². The van der Waals surface area contributed by atoms with E-state index in [0.717, 1.165) is 29.7 Å². The lowest BCUT2D eigenvalue weighted by Gasteiger charge is -2.14. The maximum absolute atomic E-state index is 5.30. The zero-order valence-electron chi connectivity index (χ0n) is 12.9. The van der Waals surface area contributed by atoms with Gasteiger partial charge in [-0.2, -0.15) is 0 Å². The minimum atomic E-state index is 0.598. The van der Waals surface area contributed by atoms with Crippen LogP contribution in [0.1, 0.15) is 32.0 Å². The second-order valence-electron chi connectivity index (χ2n) is 5.54. The average Bonchev–Trinajstić information content (AvgIpc) is 2.39. The monoisotopic (exact) mass is 272 g/mol. The predicted molar refractivity (Wildman–Crippen MR) is 85.2 cm³/mol. The number of hydrogen-bond donors (Lipinski definition) is 1. The largest absolute Gasteiger partial charge is 0.385 e. The Morgan fingerprint density at radius 3 is 2.75 bits per heavy atom. The average molecular weight is 272 g/mol. The molecule has 2 rings (SSSR count). The molecular weight excluding hydrogens is 248 g/mol. The number of para-hydroxylation sites is 1. The molecular formula is C17H24N2O. The maximum atomic E-state index is 5.30. The lowest BCUT2D eigenvalue weighted by atomic mass is 10.0. The number of ether oxygens (including phenoxy) is 1. The Labute approximate surface area is 121 Å². The molecule has 0 aliphatic carbocycles. The number of aromatic nitrogens is 1. The Hall–Kier alpha value is -1.61. The van der Waals surface area contributed by atoms with Crippen molar-refractivity contribution >= 4 is 16.6 Å². The van der Waals surface area contributed by atoms with Crippen LogP contribution in [0.15, 0.2) is 24.3 Å². The van der Waals surface area contributed by atoms with Crippen LogP contribution in [0, 0.1) is 5.92 Å². The molecule has 0 unspecified atom stereocenters. The summed E-state index contributed by atoms with van der Waals surface area (Å²) in [5, 5.41) is 4.63. The van der Waals surface area contributed by atoms with Gasteiger partial charge < -0.3 is 10.1 Å². The molecule has 1 aromatic carbocycles. The molecule has 0 atom stereocenters. The van der Waals surface area contributed by atoms with Gasteiger partial charge in [0.15, 0.2) is 0 Å². The number of rotatable bonds is 6. The first-order valence-corrected chi connectivity index (χ1v) is 7.30. The van der Waals surface area contributed by atoms with E-state index in [1.165, 1.54) is 11.1 Å². The predicted octanol–water partition coefficient (Wildman–Crippen LogP) is 4.01. The van der Waals surface area contributed by atoms with E-state index in [2.05, 4.69) is 50.4 Å². The van der Waals surface area contributed by atoms with Crippen LogP contribution < -0.4 is 5.32 Å². The zero-order valence-corrected chi connectivity index (χ0v) is 12.9. The van der Waals surface area contributed by atoms with E-state index in [4.69, 9.17) is 9.72 Å². The summed E-state index contributed by atoms with van der Waals surface area (Å²) in [6, 6.07) is 8.47. The Morgan fingerprint density at radius 2 is 2.10 bits per heavy atom. The minimum Gasteiger partial charge on any atom is -0.385 e. The smallest absolute Gasteiger partial charge is 0.0781 e. The third-order valence-electron chi connectivity index (χ3n) is 3.26. The van der Waals surface area contributed by atoms with E-state index in [9.17, 15) is 0 Å². The molecule has 1 N–H and O–H groups in total. The van der Waals surface area contributed by atoms with Crippen LogP contribution in [-0.4, -0.2) is 18.6 Å². The Balaban J connectivity index is 2.58. The van der Waals surface area contributed by atoms with Crippen LogP contribution in [0.5, 0.6) is 0 Å². The third kappa shape index (κ3) is 3.28. The van der Waals surface area contributed by atoms with Crippen molar-refractivity contribution in [2.75, 3.05) is 19.0 Å². The fourth-order valence-corrected chi connectivity index (χ4v) is 2.49. The number of anilines is 1. The fourth-order valence-electron chi connectivity index (χ4n) is 2.49. The van der Waals surface area contributed by atoms with Crippen molar-refractivity contribution in [3.63, 3.8) is 0 Å². The number of pyridine rings is 1. The molecule has 108 valence electrons. The van der Waals surface area contributed by atoms with Crippen LogP contribution in [-0.2, 0) is 17.8 Å². The molecule has 0 aliphatic heterocycles. The van der Waals surface area contributed by atoms with Gasteiger partial charge in [0.25, 0.3) is 0 Å². The molecule has 1 heterocycles. The minimum absolute atomic E-state index is 0.598. The first kappa shape index (κ1) is 14.8. The van der Waals surface area contributed by atoms with Gasteiger partial charge in [0.05, 0.1) is 12.1 Å². The molecule has 0 fully saturated rings. The topological polar surface area (TPSA) is 34.2 Å². The van der Waals surface area contributed by atoms with E-state index in [0.29, 0.717) is 12.5 Å². The lowest BCUT2D eigenvalue weighted by molar-refractivity contribution is 0.186. The van der Waals surface area contributed by atoms with Crippen LogP contribution >= 0.6 is 0 Å². The Morgan fingerprint density at radius 1 is 1.30 bits per heavy atom. The number of benzene rings is 1. The van der Waals surface area contributed by atoms with E-state index in [1.807, 2.05) is 0 Å². The quantitative estimate of drug-likeness (QED) is 0.862. The SMILES string of the molecule is CCNc1cc(CC(C)C)nc2c(COC)cccc12. The Kier molecular flexibility index (Phi) is 4.96. The highest BCUT2D eigenvalue weighted by Gasteiger charge is 2.10. The molecule has 1 aromatic heterocycles. The van der Waals surface area contributed by atoms with Gasteiger partial charge in [-0.15, -0.1) is 0 Å². The highest BCUT2D eigenvalue weighted by atomic mass is 16.5. The van der Waals surface area contributed by atoms with E-state index >= 15 is 0 Å². The van der Waals surface area contributed by atoms with Crippen molar-refractivity contribution in [3.8, 4) is 0 Å². The number of nitrogens with one attached hydrogen (secondary N) is 1. The number of hydrogen-bond acceptors (Lipinski definition) is 3. The van der Waals surface area contributed by atoms with Gasteiger partial charge in [0, 0.05) is 36.0 Å². The molecule has 3 nitrogen and oxygen atoms in total. The zero-order chi connectivity index (χ0) is 14.5. The molecule has 0 spiro atoms. The Bertz CT molecular complexity index is 578. The molecule has 0 radical (unpaired) electrons. The van der Waals surface area contributed by atoms with Crippen molar-refractivity contribution in [2.24, 2.45) is 5.92 Å². The summed E-state index contributed by atoms with van der Waals surface area (Å²) in [6.45, 7) is 8.07. The van der Waals surface area contributed by atoms with Gasteiger partial charge in [-0.05, 0) is 25.3 Å². The van der Waals surface area contributed by atoms with Crippen molar-refractivity contribution in [2.45, 2.75) is 33.8 Å². The lowest BCUT2D eigenvalue weighted by Crippen LogP contribution is -2.04. The summed E-state index contributed by atoms with van der Waals surface area (Å²) in [7, 11) is 1.72. The normalized spacial score (nSPS) is 11.2. The molecule has 2 aromatic rings. The van der Waals surface area contributed by atoms with Gasteiger partial charge in [-0.25, -0.2) is 0 Å². The standard InChI is InChI=1S/C17H24N2O/c1-5-18-16-10-14(9-12(2)3)19-17-13(11-20-4)7-6-8-15(16)17/h6-8,10,12H,5,9,11H2,1-4H3,(H,18,19). The van der Waals surface area contributed by atoms with Crippen molar-refractivity contribution in [1.29, 1.82) is 0 Å². The van der Waals surface area contributed by atoms with Crippen LogP contribution in [0.4, 0.5) is 5.69 Å². The third-order valence-corrected chi connectivity index (χ3v) is 3.26. The summed E-state index contributed by atoms with van der Waals surface area (Å²) >= 11 is 0. The summed E-state index contributed by atoms with van der Waals surface area (Å²) in [4.78, 5) is 4.86. The van der Waals surface area contributed by atoms with Crippen LogP contribution in [0.25, 0.3) is 10.9 Å². The number of fused-ring (bicyclic) bond motifs is 1. The van der Waals surface area contributed by atoms with Gasteiger partial charge in [-0.1, -0.05) is 32.0 Å². The van der Waals surface area contributed by atoms with Gasteiger partial charge in [0.1, 0.15) is 0 Å². The van der Waals surface area contributed by atoms with Crippen LogP contribution in [0.3, 0.4) is 0 Å². The molecule has 3 heteroatoms. The summed E-state index contributed by atoms with van der Waals surface area (Å²) < 4.78 is 5.30. The van der Waals surface area contributed by atoms with E-state index < -0.39 is 0 Å². The van der Waals surface area contributed by atoms with Gasteiger partial charge in [-0.3, -0.25) is 4.98 Å². The summed E-state index contributed by atoms with van der Waals surface area (Å²) in [5.74, 6) is 0.601. The highest BCUT2D eigenvalue weighted by Crippen LogP contribution is 2.27. The van der Waals surface area contributed by atoms with Crippen molar-refractivity contribution in [3.05, 3.63) is 35.5 Å². The van der Waals surface area contributed by atoms with Crippen molar-refractivity contribution < 1.29 is 4.74 Å². The number of methoxy groups -OCH3 is 1. The maximum Gasteiger partial charge on any atom is 0.0781 e. The summed E-state index contributed by atoms with van der Waals surface area (Å²) in [5.41, 5.74) is 4.52. The van der Waals surface area contributed by atoms with Gasteiger partial charge >= 0.3 is 0 Å². The fraction of sp³-hybridized carbons (Fsp3) is 0.471. The second-order valence-corrected chi connectivity index (χ2v) is 5.54. The number of nitrogens with zero attached hydrogens (tertiary/aromatic N) is 1. The molecule has 0 saturated heterocycles. The molecule has 0 bridgehead atoms. The summed E-state index contributed by atoms with van der Waals surface area (Å²) in [6.07, 6.45) is 0.996. The van der Waals surface area contributed by atoms with Crippen molar-refractivity contribution in [1.82, 2.24) is 4.98 Å². The first-order chi connectivity index (χ1) is 9.65. The molecule has 0 aliphatic rings. The second kappa shape index (κ2) is 6.71.